The molecule has 0 aliphatic carbocycles. The highest BCUT2D eigenvalue weighted by Crippen LogP contribution is 1.62. The van der Waals surface area contributed by atoms with Crippen molar-refractivity contribution in [3.8, 4) is 0 Å². The first-order valence-electron chi connectivity index (χ1n) is 2.05. The van der Waals surface area contributed by atoms with Gasteiger partial charge in [0.05, 0.1) is 0 Å². The summed E-state index contributed by atoms with van der Waals surface area (Å²) in [6, 6.07) is -1.06. The molecule has 3 amide bonds. The van der Waals surface area contributed by atoms with Crippen LogP contribution in [-0.2, 0) is 4.79 Å². The molecule has 0 aromatic rings. The second kappa shape index (κ2) is 3.81. The molecule has 0 spiro atoms. The maximum atomic E-state index is 10.0. The molecule has 0 aliphatic rings. The van der Waals surface area contributed by atoms with Crippen LogP contribution in [0.1, 0.15) is 0 Å². The molecule has 6 nitrogen and oxygen atoms in total. The van der Waals surface area contributed by atoms with Crippen LogP contribution in [0, 0.1) is 0 Å². The molecule has 0 radical (unpaired) electrons. The van der Waals surface area contributed by atoms with Crippen molar-refractivity contribution in [2.24, 2.45) is 0 Å². The topological polar surface area (TPSA) is 98.7 Å². The number of carbonyl (C=O) groups is 2. The predicted octanol–water partition coefficient (Wildman–Crippen LogP) is -1.81. The molecule has 0 fully saturated rings. The van der Waals surface area contributed by atoms with Gasteiger partial charge in [-0.05, 0) is 0 Å². The highest BCUT2D eigenvalue weighted by molar-refractivity contribution is 5.94. The van der Waals surface area contributed by atoms with Crippen LogP contribution >= 0.6 is 0 Å². The second-order valence-electron chi connectivity index (χ2n) is 1.15. The molecule has 0 bridgehead atoms. The minimum absolute atomic E-state index is 0.784. The van der Waals surface area contributed by atoms with Crippen molar-refractivity contribution in [2.75, 3.05) is 6.61 Å². The zero-order valence-corrected chi connectivity index (χ0v) is 4.42. The zero-order chi connectivity index (χ0) is 7.28. The van der Waals surface area contributed by atoms with E-state index in [-0.39, 0.29) is 0 Å². The Labute approximate surface area is 50.4 Å². The summed E-state index contributed by atoms with van der Waals surface area (Å²) in [5, 5.41) is 17.4. The van der Waals surface area contributed by atoms with E-state index in [0.717, 1.165) is 5.48 Å². The fourth-order valence-corrected chi connectivity index (χ4v) is 0.194. The lowest BCUT2D eigenvalue weighted by Crippen LogP contribution is -2.39. The monoisotopic (exact) mass is 134 g/mol. The summed E-state index contributed by atoms with van der Waals surface area (Å²) in [4.78, 5) is 20.0. The number of hydrogen-bond acceptors (Lipinski definition) is 4. The Hall–Kier alpha value is -1.14. The van der Waals surface area contributed by atoms with Crippen molar-refractivity contribution in [2.45, 2.75) is 0 Å². The number of carbonyl (C=O) groups excluding carboxylic acids is 2. The Morgan fingerprint density at radius 3 is 2.33 bits per heavy atom. The van der Waals surface area contributed by atoms with Gasteiger partial charge in [-0.3, -0.25) is 15.3 Å². The van der Waals surface area contributed by atoms with E-state index in [1.165, 1.54) is 0 Å². The van der Waals surface area contributed by atoms with Crippen molar-refractivity contribution < 1.29 is 19.9 Å². The van der Waals surface area contributed by atoms with Crippen LogP contribution in [-0.4, -0.2) is 28.9 Å². The van der Waals surface area contributed by atoms with E-state index < -0.39 is 18.5 Å². The second-order valence-corrected chi connectivity index (χ2v) is 1.15. The molecular weight excluding hydrogens is 128 g/mol. The summed E-state index contributed by atoms with van der Waals surface area (Å²) in [6.07, 6.45) is 0. The number of hydroxylamine groups is 1. The molecule has 0 heterocycles. The van der Waals surface area contributed by atoms with E-state index in [1.807, 2.05) is 0 Å². The van der Waals surface area contributed by atoms with Crippen LogP contribution in [0.3, 0.4) is 0 Å². The minimum atomic E-state index is -1.06. The van der Waals surface area contributed by atoms with Crippen molar-refractivity contribution in [1.82, 2.24) is 10.8 Å². The summed E-state index contributed by atoms with van der Waals surface area (Å²) >= 11 is 0. The molecule has 0 unspecified atom stereocenters. The van der Waals surface area contributed by atoms with Gasteiger partial charge in [-0.1, -0.05) is 0 Å². The molecule has 6 heteroatoms. The Morgan fingerprint density at radius 1 is 1.44 bits per heavy atom. The molecule has 0 aromatic heterocycles. The molecule has 0 atom stereocenters. The summed E-state index contributed by atoms with van der Waals surface area (Å²) in [7, 11) is 0. The first-order valence-corrected chi connectivity index (χ1v) is 2.05. The van der Waals surface area contributed by atoms with Gasteiger partial charge in [0.25, 0.3) is 5.91 Å². The number of nitrogens with one attached hydrogen (secondary N) is 2. The first-order chi connectivity index (χ1) is 4.20. The molecular formula is C3H6N2O4. The minimum Gasteiger partial charge on any atom is -0.387 e. The number of rotatable bonds is 1. The van der Waals surface area contributed by atoms with Gasteiger partial charge < -0.3 is 5.11 Å². The van der Waals surface area contributed by atoms with Gasteiger partial charge in [-0.2, -0.15) is 0 Å². The van der Waals surface area contributed by atoms with Crippen LogP contribution in [0.5, 0.6) is 0 Å². The van der Waals surface area contributed by atoms with E-state index in [1.54, 1.807) is 5.32 Å². The highest BCUT2D eigenvalue weighted by atomic mass is 16.5. The molecule has 0 aliphatic heterocycles. The van der Waals surface area contributed by atoms with Crippen LogP contribution in [0.25, 0.3) is 0 Å². The van der Waals surface area contributed by atoms with E-state index in [9.17, 15) is 9.59 Å². The molecule has 9 heavy (non-hydrogen) atoms. The van der Waals surface area contributed by atoms with Crippen LogP contribution in [0.2, 0.25) is 0 Å². The smallest absolute Gasteiger partial charge is 0.345 e. The number of urea groups is 1. The van der Waals surface area contributed by atoms with E-state index >= 15 is 0 Å². The van der Waals surface area contributed by atoms with Crippen LogP contribution in [0.15, 0.2) is 0 Å². The summed E-state index contributed by atoms with van der Waals surface area (Å²) in [5.41, 5.74) is 1.15. The predicted molar refractivity (Wildman–Crippen MR) is 25.5 cm³/mol. The molecule has 4 N–H and O–H groups in total. The molecule has 0 saturated carbocycles. The number of aliphatic hydroxyl groups is 1. The SMILES string of the molecule is O=C(CO)NC(=O)NO. The molecule has 0 rings (SSSR count). The van der Waals surface area contributed by atoms with Gasteiger partial charge in [0.2, 0.25) is 0 Å². The lowest BCUT2D eigenvalue weighted by molar-refractivity contribution is -0.122. The Morgan fingerprint density at radius 2 is 2.00 bits per heavy atom. The van der Waals surface area contributed by atoms with Gasteiger partial charge in [0, 0.05) is 0 Å². The summed E-state index contributed by atoms with van der Waals surface area (Å²) in [5.74, 6) is -0.874. The zero-order valence-electron chi connectivity index (χ0n) is 4.42. The molecule has 0 aromatic carbocycles. The maximum absolute atomic E-state index is 10.0. The number of amides is 3. The van der Waals surface area contributed by atoms with Crippen molar-refractivity contribution in [3.63, 3.8) is 0 Å². The van der Waals surface area contributed by atoms with E-state index in [2.05, 4.69) is 0 Å². The lowest BCUT2D eigenvalue weighted by Gasteiger charge is -1.96. The number of aliphatic hydroxyl groups excluding tert-OH is 1. The summed E-state index contributed by atoms with van der Waals surface area (Å²) in [6.45, 7) is -0.784. The van der Waals surface area contributed by atoms with Crippen molar-refractivity contribution in [3.05, 3.63) is 0 Å². The van der Waals surface area contributed by atoms with Crippen LogP contribution < -0.4 is 10.8 Å². The van der Waals surface area contributed by atoms with E-state index in [0.29, 0.717) is 0 Å². The fraction of sp³-hybridized carbons (Fsp3) is 0.333. The quantitative estimate of drug-likeness (QED) is 0.251. The Balaban J connectivity index is 3.47. The summed E-state index contributed by atoms with van der Waals surface area (Å²) < 4.78 is 0. The third-order valence-corrected chi connectivity index (χ3v) is 0.498. The largest absolute Gasteiger partial charge is 0.387 e. The Kier molecular flexibility index (Phi) is 3.33. The number of imide groups is 1. The van der Waals surface area contributed by atoms with E-state index in [4.69, 9.17) is 10.3 Å². The van der Waals surface area contributed by atoms with Crippen molar-refractivity contribution >= 4 is 11.9 Å². The van der Waals surface area contributed by atoms with Crippen LogP contribution in [0.4, 0.5) is 4.79 Å². The standard InChI is InChI=1S/C3H6N2O4/c6-1-2(7)4-3(8)5-9/h6,9H,1H2,(H2,4,5,7,8). The average molecular weight is 134 g/mol. The third-order valence-electron chi connectivity index (χ3n) is 0.498. The molecule has 0 saturated heterocycles. The highest BCUT2D eigenvalue weighted by Gasteiger charge is 2.02. The van der Waals surface area contributed by atoms with Gasteiger partial charge in [0.15, 0.2) is 0 Å². The fourth-order valence-electron chi connectivity index (χ4n) is 0.194. The van der Waals surface area contributed by atoms with Gasteiger partial charge in [-0.25, -0.2) is 10.3 Å². The van der Waals surface area contributed by atoms with Gasteiger partial charge in [-0.15, -0.1) is 0 Å². The lowest BCUT2D eigenvalue weighted by atomic mass is 10.6. The van der Waals surface area contributed by atoms with Crippen molar-refractivity contribution in [1.29, 1.82) is 0 Å². The van der Waals surface area contributed by atoms with Gasteiger partial charge >= 0.3 is 6.03 Å². The normalized spacial score (nSPS) is 8.22. The Bertz CT molecular complexity index is 109. The number of hydrogen-bond donors (Lipinski definition) is 4. The third kappa shape index (κ3) is 3.44. The maximum Gasteiger partial charge on any atom is 0.345 e. The average Bonchev–Trinajstić information content (AvgIpc) is 1.87. The first kappa shape index (κ1) is 7.86. The molecule has 52 valence electrons. The van der Waals surface area contributed by atoms with Gasteiger partial charge in [0.1, 0.15) is 6.61 Å².